The molecule has 1 aliphatic rings. The first-order chi connectivity index (χ1) is 10.1. The van der Waals surface area contributed by atoms with Crippen molar-refractivity contribution < 1.29 is 4.39 Å². The van der Waals surface area contributed by atoms with Gasteiger partial charge in [-0.3, -0.25) is 0 Å². The number of hydrogen-bond donors (Lipinski definition) is 2. The summed E-state index contributed by atoms with van der Waals surface area (Å²) in [7, 11) is 0. The zero-order valence-electron chi connectivity index (χ0n) is 11.5. The maximum Gasteiger partial charge on any atom is 0.222 e. The van der Waals surface area contributed by atoms with Gasteiger partial charge in [0.25, 0.3) is 0 Å². The van der Waals surface area contributed by atoms with Gasteiger partial charge in [0.1, 0.15) is 5.82 Å². The summed E-state index contributed by atoms with van der Waals surface area (Å²) in [6, 6.07) is 6.55. The molecule has 1 aromatic heterocycles. The van der Waals surface area contributed by atoms with Crippen LogP contribution in [0, 0.1) is 5.82 Å². The minimum Gasteiger partial charge on any atom is -0.382 e. The van der Waals surface area contributed by atoms with Crippen molar-refractivity contribution in [2.75, 3.05) is 47.4 Å². The summed E-state index contributed by atoms with van der Waals surface area (Å²) in [4.78, 5) is 12.3. The van der Waals surface area contributed by atoms with Gasteiger partial charge in [0.05, 0.1) is 11.9 Å². The maximum atomic E-state index is 12.9. The quantitative estimate of drug-likeness (QED) is 0.861. The van der Waals surface area contributed by atoms with E-state index in [0.29, 0.717) is 5.82 Å². The number of piperazine rings is 1. The summed E-state index contributed by atoms with van der Waals surface area (Å²) in [6.07, 6.45) is 1.66. The number of aromatic nitrogens is 2. The monoisotopic (exact) mass is 288 g/mol. The largest absolute Gasteiger partial charge is 0.382 e. The lowest BCUT2D eigenvalue weighted by atomic mass is 10.2. The van der Waals surface area contributed by atoms with Gasteiger partial charge >= 0.3 is 0 Å². The number of hydrogen-bond acceptors (Lipinski definition) is 6. The molecule has 0 atom stereocenters. The van der Waals surface area contributed by atoms with Crippen molar-refractivity contribution in [1.29, 1.82) is 0 Å². The first-order valence-corrected chi connectivity index (χ1v) is 6.77. The summed E-state index contributed by atoms with van der Waals surface area (Å²) in [5.41, 5.74) is 13.2. The Labute approximate surface area is 122 Å². The lowest BCUT2D eigenvalue weighted by molar-refractivity contribution is 0.624. The number of rotatable bonds is 2. The van der Waals surface area contributed by atoms with E-state index < -0.39 is 0 Å². The van der Waals surface area contributed by atoms with Gasteiger partial charge in [-0.2, -0.15) is 4.98 Å². The molecular weight excluding hydrogens is 271 g/mol. The molecular formula is C14H17FN6. The molecule has 3 rings (SSSR count). The Hall–Kier alpha value is -2.57. The Morgan fingerprint density at radius 1 is 0.952 bits per heavy atom. The first kappa shape index (κ1) is 13.4. The third kappa shape index (κ3) is 2.81. The molecule has 110 valence electrons. The normalized spacial score (nSPS) is 15.3. The number of halogens is 1. The highest BCUT2D eigenvalue weighted by Crippen LogP contribution is 2.24. The third-order valence-corrected chi connectivity index (χ3v) is 3.63. The van der Waals surface area contributed by atoms with Crippen molar-refractivity contribution in [2.45, 2.75) is 0 Å². The standard InChI is InChI=1S/C14H17FN6/c15-10-1-3-11(4-2-10)20-5-7-21(8-6-20)12-9-18-14(17)19-13(12)16/h1-4,9H,5-8H2,(H4,16,17,18,19). The molecule has 0 bridgehead atoms. The number of nitrogen functional groups attached to an aromatic ring is 2. The lowest BCUT2D eigenvalue weighted by Crippen LogP contribution is -2.46. The van der Waals surface area contributed by atoms with Crippen LogP contribution < -0.4 is 21.3 Å². The van der Waals surface area contributed by atoms with Crippen molar-refractivity contribution in [1.82, 2.24) is 9.97 Å². The average molecular weight is 288 g/mol. The average Bonchev–Trinajstić information content (AvgIpc) is 2.48. The highest BCUT2D eigenvalue weighted by atomic mass is 19.1. The SMILES string of the molecule is Nc1ncc(N2CCN(c3ccc(F)cc3)CC2)c(N)n1. The molecule has 0 aliphatic carbocycles. The van der Waals surface area contributed by atoms with E-state index >= 15 is 0 Å². The number of benzene rings is 1. The second-order valence-electron chi connectivity index (χ2n) is 4.95. The molecule has 6 nitrogen and oxygen atoms in total. The van der Waals surface area contributed by atoms with E-state index in [2.05, 4.69) is 19.8 Å². The van der Waals surface area contributed by atoms with Crippen LogP contribution >= 0.6 is 0 Å². The predicted molar refractivity (Wildman–Crippen MR) is 81.7 cm³/mol. The van der Waals surface area contributed by atoms with E-state index in [9.17, 15) is 4.39 Å². The van der Waals surface area contributed by atoms with Crippen molar-refractivity contribution >= 4 is 23.1 Å². The summed E-state index contributed by atoms with van der Waals surface area (Å²) >= 11 is 0. The molecule has 4 N–H and O–H groups in total. The van der Waals surface area contributed by atoms with Crippen LogP contribution in [-0.2, 0) is 0 Å². The molecule has 1 aliphatic heterocycles. The zero-order valence-corrected chi connectivity index (χ0v) is 11.5. The van der Waals surface area contributed by atoms with Crippen LogP contribution in [0.4, 0.5) is 27.5 Å². The van der Waals surface area contributed by atoms with Gasteiger partial charge in [0, 0.05) is 31.9 Å². The van der Waals surface area contributed by atoms with Gasteiger partial charge in [0.15, 0.2) is 5.82 Å². The van der Waals surface area contributed by atoms with E-state index in [0.717, 1.165) is 37.6 Å². The molecule has 2 heterocycles. The van der Waals surface area contributed by atoms with Gasteiger partial charge in [-0.15, -0.1) is 0 Å². The van der Waals surface area contributed by atoms with Crippen LogP contribution in [0.3, 0.4) is 0 Å². The van der Waals surface area contributed by atoms with Crippen molar-refractivity contribution in [3.63, 3.8) is 0 Å². The second kappa shape index (κ2) is 5.43. The third-order valence-electron chi connectivity index (χ3n) is 3.63. The highest BCUT2D eigenvalue weighted by Gasteiger charge is 2.19. The molecule has 1 aromatic carbocycles. The smallest absolute Gasteiger partial charge is 0.222 e. The van der Waals surface area contributed by atoms with Gasteiger partial charge in [-0.05, 0) is 24.3 Å². The van der Waals surface area contributed by atoms with Crippen LogP contribution in [0.15, 0.2) is 30.5 Å². The molecule has 7 heteroatoms. The second-order valence-corrected chi connectivity index (χ2v) is 4.95. The Morgan fingerprint density at radius 3 is 2.19 bits per heavy atom. The first-order valence-electron chi connectivity index (χ1n) is 6.77. The van der Waals surface area contributed by atoms with Gasteiger partial charge in [0.2, 0.25) is 5.95 Å². The minimum atomic E-state index is -0.218. The molecule has 2 aromatic rings. The van der Waals surface area contributed by atoms with E-state index in [4.69, 9.17) is 11.5 Å². The fourth-order valence-corrected chi connectivity index (χ4v) is 2.50. The summed E-state index contributed by atoms with van der Waals surface area (Å²) in [5, 5.41) is 0. The van der Waals surface area contributed by atoms with Crippen LogP contribution in [-0.4, -0.2) is 36.1 Å². The maximum absolute atomic E-state index is 12.9. The summed E-state index contributed by atoms with van der Waals surface area (Å²) in [5.74, 6) is 0.364. The molecule has 21 heavy (non-hydrogen) atoms. The predicted octanol–water partition coefficient (Wildman–Crippen LogP) is 1.11. The van der Waals surface area contributed by atoms with E-state index in [-0.39, 0.29) is 11.8 Å². The molecule has 0 amide bonds. The van der Waals surface area contributed by atoms with Gasteiger partial charge in [-0.25, -0.2) is 9.37 Å². The topological polar surface area (TPSA) is 84.3 Å². The molecule has 0 unspecified atom stereocenters. The summed E-state index contributed by atoms with van der Waals surface area (Å²) < 4.78 is 12.9. The van der Waals surface area contributed by atoms with Crippen molar-refractivity contribution in [3.05, 3.63) is 36.3 Å². The number of nitrogens with zero attached hydrogens (tertiary/aromatic N) is 4. The minimum absolute atomic E-state index is 0.182. The molecule has 0 spiro atoms. The van der Waals surface area contributed by atoms with E-state index in [1.807, 2.05) is 0 Å². The van der Waals surface area contributed by atoms with Crippen LogP contribution in [0.2, 0.25) is 0 Å². The number of anilines is 4. The molecule has 0 saturated carbocycles. The molecule has 1 saturated heterocycles. The van der Waals surface area contributed by atoms with E-state index in [1.165, 1.54) is 12.1 Å². The molecule has 1 fully saturated rings. The van der Waals surface area contributed by atoms with Gasteiger partial charge in [-0.1, -0.05) is 0 Å². The Balaban J connectivity index is 1.68. The fourth-order valence-electron chi connectivity index (χ4n) is 2.50. The number of nitrogens with two attached hydrogens (primary N) is 2. The lowest BCUT2D eigenvalue weighted by Gasteiger charge is -2.37. The molecule has 0 radical (unpaired) electrons. The van der Waals surface area contributed by atoms with Crippen molar-refractivity contribution in [3.8, 4) is 0 Å². The summed E-state index contributed by atoms with van der Waals surface area (Å²) in [6.45, 7) is 3.26. The van der Waals surface area contributed by atoms with Crippen molar-refractivity contribution in [2.24, 2.45) is 0 Å². The Kier molecular flexibility index (Phi) is 3.47. The highest BCUT2D eigenvalue weighted by molar-refractivity contribution is 5.64. The van der Waals surface area contributed by atoms with E-state index in [1.54, 1.807) is 18.3 Å². The Morgan fingerprint density at radius 2 is 1.57 bits per heavy atom. The van der Waals surface area contributed by atoms with Gasteiger partial charge < -0.3 is 21.3 Å². The zero-order chi connectivity index (χ0) is 14.8. The Bertz CT molecular complexity index is 622. The fraction of sp³-hybridized carbons (Fsp3) is 0.286. The van der Waals surface area contributed by atoms with Crippen LogP contribution in [0.25, 0.3) is 0 Å². The van der Waals surface area contributed by atoms with Crippen LogP contribution in [0.5, 0.6) is 0 Å². The van der Waals surface area contributed by atoms with Crippen LogP contribution in [0.1, 0.15) is 0 Å².